The highest BCUT2D eigenvalue weighted by Gasteiger charge is 2.16. The number of nitrogens with one attached hydrogen (secondary N) is 1. The summed E-state index contributed by atoms with van der Waals surface area (Å²) in [7, 11) is 0. The third-order valence-electron chi connectivity index (χ3n) is 2.49. The Balaban J connectivity index is 2.31. The minimum atomic E-state index is -0.660. The lowest BCUT2D eigenvalue weighted by molar-refractivity contribution is 0.102. The number of benzene rings is 1. The molecular formula is C13H9BrClFN2O. The number of rotatable bonds is 2. The maximum Gasteiger partial charge on any atom is 0.260 e. The summed E-state index contributed by atoms with van der Waals surface area (Å²) >= 11 is 9.06. The van der Waals surface area contributed by atoms with E-state index in [1.807, 2.05) is 0 Å². The maximum atomic E-state index is 13.6. The van der Waals surface area contributed by atoms with E-state index in [9.17, 15) is 9.18 Å². The van der Waals surface area contributed by atoms with Crippen LogP contribution in [0.25, 0.3) is 0 Å². The molecular weight excluding hydrogens is 335 g/mol. The first kappa shape index (κ1) is 14.0. The van der Waals surface area contributed by atoms with Crippen LogP contribution < -0.4 is 5.32 Å². The quantitative estimate of drug-likeness (QED) is 0.831. The molecule has 0 saturated heterocycles. The molecule has 0 aliphatic carbocycles. The van der Waals surface area contributed by atoms with Crippen molar-refractivity contribution in [2.24, 2.45) is 0 Å². The molecule has 2 aromatic rings. The summed E-state index contributed by atoms with van der Waals surface area (Å²) in [5, 5.41) is 2.66. The highest BCUT2D eigenvalue weighted by atomic mass is 79.9. The second-order valence-corrected chi connectivity index (χ2v) is 5.04. The minimum absolute atomic E-state index is 0.0697. The Hall–Kier alpha value is -1.46. The van der Waals surface area contributed by atoms with Crippen LogP contribution in [0.1, 0.15) is 16.1 Å². The number of halogens is 3. The van der Waals surface area contributed by atoms with E-state index in [4.69, 9.17) is 11.6 Å². The van der Waals surface area contributed by atoms with Crippen LogP contribution in [0.15, 0.2) is 34.9 Å². The fourth-order valence-electron chi connectivity index (χ4n) is 1.56. The predicted octanol–water partition coefficient (Wildman–Crippen LogP) is 4.20. The zero-order valence-electron chi connectivity index (χ0n) is 9.88. The molecule has 2 rings (SSSR count). The average molecular weight is 344 g/mol. The van der Waals surface area contributed by atoms with E-state index in [0.717, 1.165) is 0 Å². The lowest BCUT2D eigenvalue weighted by Crippen LogP contribution is -2.15. The Morgan fingerprint density at radius 3 is 2.74 bits per heavy atom. The van der Waals surface area contributed by atoms with Crippen LogP contribution in [0.4, 0.5) is 10.1 Å². The maximum absolute atomic E-state index is 13.6. The Labute approximate surface area is 122 Å². The van der Waals surface area contributed by atoms with E-state index in [0.29, 0.717) is 16.0 Å². The fourth-order valence-corrected chi connectivity index (χ4v) is 2.21. The molecule has 98 valence electrons. The highest BCUT2D eigenvalue weighted by Crippen LogP contribution is 2.22. The van der Waals surface area contributed by atoms with Gasteiger partial charge in [-0.25, -0.2) is 9.37 Å². The van der Waals surface area contributed by atoms with Gasteiger partial charge in [-0.1, -0.05) is 17.7 Å². The van der Waals surface area contributed by atoms with E-state index >= 15 is 0 Å². The van der Waals surface area contributed by atoms with Crippen LogP contribution in [0, 0.1) is 12.7 Å². The van der Waals surface area contributed by atoms with Gasteiger partial charge < -0.3 is 5.32 Å². The Morgan fingerprint density at radius 2 is 2.11 bits per heavy atom. The van der Waals surface area contributed by atoms with E-state index in [2.05, 4.69) is 26.2 Å². The van der Waals surface area contributed by atoms with Crippen molar-refractivity contribution in [3.8, 4) is 0 Å². The molecule has 1 amide bonds. The molecule has 0 fully saturated rings. The largest absolute Gasteiger partial charge is 0.320 e. The number of carbonyl (C=O) groups is 1. The first-order chi connectivity index (χ1) is 8.99. The second kappa shape index (κ2) is 5.67. The number of nitrogens with zero attached hydrogens (tertiary/aromatic N) is 1. The Kier molecular flexibility index (Phi) is 4.17. The zero-order chi connectivity index (χ0) is 14.0. The summed E-state index contributed by atoms with van der Waals surface area (Å²) in [6.45, 7) is 1.74. The van der Waals surface area contributed by atoms with E-state index < -0.39 is 11.7 Å². The van der Waals surface area contributed by atoms with Crippen molar-refractivity contribution in [3.05, 3.63) is 57.0 Å². The van der Waals surface area contributed by atoms with E-state index in [1.165, 1.54) is 18.2 Å². The van der Waals surface area contributed by atoms with Gasteiger partial charge in [0.15, 0.2) is 0 Å². The van der Waals surface area contributed by atoms with Crippen molar-refractivity contribution >= 4 is 39.1 Å². The molecule has 0 radical (unpaired) electrons. The van der Waals surface area contributed by atoms with Gasteiger partial charge in [0.05, 0.1) is 22.0 Å². The summed E-state index contributed by atoms with van der Waals surface area (Å²) in [5.74, 6) is -1.26. The highest BCUT2D eigenvalue weighted by molar-refractivity contribution is 9.10. The van der Waals surface area contributed by atoms with Crippen LogP contribution in [0.5, 0.6) is 0 Å². The van der Waals surface area contributed by atoms with Gasteiger partial charge in [-0.05, 0) is 47.1 Å². The lowest BCUT2D eigenvalue weighted by Gasteiger charge is -2.09. The number of hydrogen-bond donors (Lipinski definition) is 1. The number of anilines is 1. The number of hydrogen-bond acceptors (Lipinski definition) is 2. The molecule has 0 saturated carbocycles. The third-order valence-corrected chi connectivity index (χ3v) is 3.25. The molecule has 1 aromatic carbocycles. The average Bonchev–Trinajstić information content (AvgIpc) is 2.32. The van der Waals surface area contributed by atoms with Crippen molar-refractivity contribution in [1.29, 1.82) is 0 Å². The topological polar surface area (TPSA) is 42.0 Å². The second-order valence-electron chi connectivity index (χ2n) is 3.82. The number of aryl methyl sites for hydroxylation is 1. The van der Waals surface area contributed by atoms with Gasteiger partial charge in [0.25, 0.3) is 5.91 Å². The monoisotopic (exact) mass is 342 g/mol. The normalized spacial score (nSPS) is 10.3. The van der Waals surface area contributed by atoms with Crippen LogP contribution in [0.2, 0.25) is 5.02 Å². The first-order valence-electron chi connectivity index (χ1n) is 5.37. The molecule has 19 heavy (non-hydrogen) atoms. The molecule has 1 aromatic heterocycles. The standard InChI is InChI=1S/C13H9BrClFN2O/c1-7-10(5-6-11(14)17-7)18-13(19)12-8(15)3-2-4-9(12)16/h2-6H,1H3,(H,18,19). The molecule has 1 N–H and O–H groups in total. The fraction of sp³-hybridized carbons (Fsp3) is 0.0769. The summed E-state index contributed by atoms with van der Waals surface area (Å²) in [6, 6.07) is 7.46. The van der Waals surface area contributed by atoms with Gasteiger partial charge in [-0.2, -0.15) is 0 Å². The van der Waals surface area contributed by atoms with Crippen LogP contribution in [-0.4, -0.2) is 10.9 Å². The summed E-state index contributed by atoms with van der Waals surface area (Å²) in [5.41, 5.74) is 0.953. The molecule has 0 spiro atoms. The summed E-state index contributed by atoms with van der Waals surface area (Å²) in [4.78, 5) is 16.2. The SMILES string of the molecule is Cc1nc(Br)ccc1NC(=O)c1c(F)cccc1Cl. The zero-order valence-corrected chi connectivity index (χ0v) is 12.2. The molecule has 1 heterocycles. The van der Waals surface area contributed by atoms with Gasteiger partial charge in [0, 0.05) is 0 Å². The Bertz CT molecular complexity index is 628. The molecule has 0 aliphatic heterocycles. The smallest absolute Gasteiger partial charge is 0.260 e. The van der Waals surface area contributed by atoms with Crippen molar-refractivity contribution in [2.75, 3.05) is 5.32 Å². The number of aromatic nitrogens is 1. The first-order valence-corrected chi connectivity index (χ1v) is 6.54. The van der Waals surface area contributed by atoms with Crippen molar-refractivity contribution in [3.63, 3.8) is 0 Å². The van der Waals surface area contributed by atoms with Crippen LogP contribution in [-0.2, 0) is 0 Å². The molecule has 3 nitrogen and oxygen atoms in total. The minimum Gasteiger partial charge on any atom is -0.320 e. The summed E-state index contributed by atoms with van der Waals surface area (Å²) < 4.78 is 14.3. The Morgan fingerprint density at radius 1 is 1.37 bits per heavy atom. The number of carbonyl (C=O) groups excluding carboxylic acids is 1. The van der Waals surface area contributed by atoms with E-state index in [1.54, 1.807) is 19.1 Å². The number of pyridine rings is 1. The molecule has 0 atom stereocenters. The third kappa shape index (κ3) is 3.11. The predicted molar refractivity (Wildman–Crippen MR) is 76.0 cm³/mol. The van der Waals surface area contributed by atoms with Crippen LogP contribution in [0.3, 0.4) is 0 Å². The molecule has 0 unspecified atom stereocenters. The summed E-state index contributed by atoms with van der Waals surface area (Å²) in [6.07, 6.45) is 0. The van der Waals surface area contributed by atoms with E-state index in [-0.39, 0.29) is 10.6 Å². The van der Waals surface area contributed by atoms with Gasteiger partial charge in [-0.15, -0.1) is 0 Å². The van der Waals surface area contributed by atoms with Crippen molar-refractivity contribution in [1.82, 2.24) is 4.98 Å². The van der Waals surface area contributed by atoms with Crippen molar-refractivity contribution < 1.29 is 9.18 Å². The molecule has 0 aliphatic rings. The lowest BCUT2D eigenvalue weighted by atomic mass is 10.2. The molecule has 0 bridgehead atoms. The van der Waals surface area contributed by atoms with Gasteiger partial charge in [0.1, 0.15) is 10.4 Å². The van der Waals surface area contributed by atoms with Crippen molar-refractivity contribution in [2.45, 2.75) is 6.92 Å². The van der Waals surface area contributed by atoms with Gasteiger partial charge >= 0.3 is 0 Å². The van der Waals surface area contributed by atoms with Crippen LogP contribution >= 0.6 is 27.5 Å². The van der Waals surface area contributed by atoms with Gasteiger partial charge in [-0.3, -0.25) is 4.79 Å². The van der Waals surface area contributed by atoms with Gasteiger partial charge in [0.2, 0.25) is 0 Å². The number of amides is 1. The molecule has 6 heteroatoms.